The van der Waals surface area contributed by atoms with Crippen LogP contribution < -0.4 is 5.32 Å². The Morgan fingerprint density at radius 3 is 2.55 bits per heavy atom. The third-order valence-corrected chi connectivity index (χ3v) is 7.76. The molecule has 0 amide bonds. The van der Waals surface area contributed by atoms with Crippen molar-refractivity contribution in [1.29, 1.82) is 0 Å². The summed E-state index contributed by atoms with van der Waals surface area (Å²) >= 11 is 0. The predicted octanol–water partition coefficient (Wildman–Crippen LogP) is 7.12. The highest BCUT2D eigenvalue weighted by atomic mass is 19.1. The first-order valence-corrected chi connectivity index (χ1v) is 13.2. The van der Waals surface area contributed by atoms with E-state index in [9.17, 15) is 4.39 Å². The van der Waals surface area contributed by atoms with Gasteiger partial charge in [0.25, 0.3) is 0 Å². The lowest BCUT2D eigenvalue weighted by molar-refractivity contribution is 0.372. The number of nitrogens with one attached hydrogen (secondary N) is 3. The smallest absolute Gasteiger partial charge is 0.131 e. The van der Waals surface area contributed by atoms with Crippen LogP contribution in [0.25, 0.3) is 55.4 Å². The Labute approximate surface area is 220 Å². The minimum Gasteiger partial charge on any atom is -0.353 e. The Morgan fingerprint density at radius 1 is 0.789 bits per heavy atom. The Hall–Kier alpha value is -4.29. The monoisotopic (exact) mass is 501 g/mol. The second-order valence-corrected chi connectivity index (χ2v) is 10.2. The van der Waals surface area contributed by atoms with Crippen molar-refractivity contribution in [3.8, 4) is 33.6 Å². The van der Waals surface area contributed by atoms with Gasteiger partial charge >= 0.3 is 0 Å². The summed E-state index contributed by atoms with van der Waals surface area (Å²) < 4.78 is 14.6. The zero-order valence-corrected chi connectivity index (χ0v) is 21.0. The molecule has 0 spiro atoms. The van der Waals surface area contributed by atoms with E-state index in [0.717, 1.165) is 69.4 Å². The Balaban J connectivity index is 1.26. The van der Waals surface area contributed by atoms with Crippen LogP contribution in [0.5, 0.6) is 0 Å². The van der Waals surface area contributed by atoms with E-state index in [1.807, 2.05) is 42.7 Å². The molecule has 1 aliphatic heterocycles. The highest BCUT2D eigenvalue weighted by Crippen LogP contribution is 2.36. The van der Waals surface area contributed by atoms with E-state index in [1.165, 1.54) is 24.5 Å². The second-order valence-electron chi connectivity index (χ2n) is 10.2. The number of aromatic amines is 2. The Kier molecular flexibility index (Phi) is 5.74. The quantitative estimate of drug-likeness (QED) is 0.236. The van der Waals surface area contributed by atoms with Crippen LogP contribution in [0.1, 0.15) is 18.4 Å². The third-order valence-electron chi connectivity index (χ3n) is 7.76. The van der Waals surface area contributed by atoms with E-state index in [0.29, 0.717) is 11.5 Å². The second kappa shape index (κ2) is 9.54. The highest BCUT2D eigenvalue weighted by molar-refractivity contribution is 6.01. The molecule has 4 heterocycles. The molecule has 5 nitrogen and oxygen atoms in total. The number of aromatic nitrogens is 4. The summed E-state index contributed by atoms with van der Waals surface area (Å²) in [5.41, 5.74) is 8.62. The van der Waals surface area contributed by atoms with Crippen molar-refractivity contribution in [2.24, 2.45) is 5.92 Å². The van der Waals surface area contributed by atoms with Gasteiger partial charge < -0.3 is 10.3 Å². The summed E-state index contributed by atoms with van der Waals surface area (Å²) in [6.07, 6.45) is 7.46. The van der Waals surface area contributed by atoms with Crippen molar-refractivity contribution in [3.63, 3.8) is 0 Å². The van der Waals surface area contributed by atoms with E-state index in [4.69, 9.17) is 0 Å². The van der Waals surface area contributed by atoms with E-state index in [-0.39, 0.29) is 5.82 Å². The van der Waals surface area contributed by atoms with Gasteiger partial charge in [-0.3, -0.25) is 10.1 Å². The van der Waals surface area contributed by atoms with Crippen LogP contribution in [0, 0.1) is 11.7 Å². The molecule has 3 N–H and O–H groups in total. The zero-order valence-electron chi connectivity index (χ0n) is 21.0. The Bertz CT molecular complexity index is 1760. The fourth-order valence-electron chi connectivity index (χ4n) is 5.77. The molecule has 38 heavy (non-hydrogen) atoms. The lowest BCUT2D eigenvalue weighted by atomic mass is 9.91. The number of hydrogen-bond acceptors (Lipinski definition) is 3. The molecule has 3 aromatic carbocycles. The summed E-state index contributed by atoms with van der Waals surface area (Å²) in [5.74, 6) is 0.487. The molecule has 1 aliphatic rings. The summed E-state index contributed by atoms with van der Waals surface area (Å²) in [7, 11) is 0. The number of fused-ring (bicyclic) bond motifs is 2. The lowest BCUT2D eigenvalue weighted by Gasteiger charge is -2.22. The largest absolute Gasteiger partial charge is 0.353 e. The molecule has 7 rings (SSSR count). The van der Waals surface area contributed by atoms with Gasteiger partial charge in [-0.15, -0.1) is 0 Å². The van der Waals surface area contributed by atoms with E-state index >= 15 is 0 Å². The maximum atomic E-state index is 14.6. The molecule has 0 unspecified atom stereocenters. The minimum atomic E-state index is -0.228. The number of piperidine rings is 1. The molecule has 0 radical (unpaired) electrons. The van der Waals surface area contributed by atoms with Gasteiger partial charge in [0.1, 0.15) is 11.5 Å². The van der Waals surface area contributed by atoms with E-state index in [2.05, 4.69) is 55.8 Å². The number of pyridine rings is 1. The number of benzene rings is 3. The molecule has 188 valence electrons. The van der Waals surface area contributed by atoms with Crippen molar-refractivity contribution in [3.05, 3.63) is 96.6 Å². The van der Waals surface area contributed by atoms with Gasteiger partial charge in [0.15, 0.2) is 0 Å². The van der Waals surface area contributed by atoms with Crippen molar-refractivity contribution in [2.75, 3.05) is 13.1 Å². The predicted molar refractivity (Wildman–Crippen MR) is 151 cm³/mol. The molecule has 0 saturated carbocycles. The first kappa shape index (κ1) is 22.9. The summed E-state index contributed by atoms with van der Waals surface area (Å²) in [6, 6.07) is 23.6. The first-order chi connectivity index (χ1) is 18.7. The van der Waals surface area contributed by atoms with Crippen molar-refractivity contribution in [2.45, 2.75) is 19.3 Å². The average molecular weight is 502 g/mol. The lowest BCUT2D eigenvalue weighted by Crippen LogP contribution is -2.28. The van der Waals surface area contributed by atoms with E-state index in [1.54, 1.807) is 6.07 Å². The molecule has 0 atom stereocenters. The van der Waals surface area contributed by atoms with Crippen LogP contribution in [0.3, 0.4) is 0 Å². The number of nitrogens with zero attached hydrogens (tertiary/aromatic N) is 2. The SMILES string of the molecule is Fc1ccccc1-c1cccc2[nH]c(-c3n[nH]c4ccc(-c5cncc(CC6CCNCC6)c5)cc34)cc12. The van der Waals surface area contributed by atoms with Gasteiger partial charge in [-0.05, 0) is 91.4 Å². The molecular weight excluding hydrogens is 473 g/mol. The van der Waals surface area contributed by atoms with Gasteiger partial charge in [0, 0.05) is 39.8 Å². The molecule has 6 aromatic rings. The van der Waals surface area contributed by atoms with Crippen molar-refractivity contribution < 1.29 is 4.39 Å². The van der Waals surface area contributed by atoms with Crippen LogP contribution in [0.2, 0.25) is 0 Å². The summed E-state index contributed by atoms with van der Waals surface area (Å²) in [5, 5.41) is 13.3. The fourth-order valence-corrected chi connectivity index (χ4v) is 5.77. The van der Waals surface area contributed by atoms with Crippen LogP contribution >= 0.6 is 0 Å². The standard InChI is InChI=1S/C32H28FN5/c33-28-6-2-1-4-25(28)24-5-3-7-29-26(24)17-31(36-29)32-27-16-22(8-9-30(27)37-38-32)23-15-21(18-35-19-23)14-20-10-12-34-13-11-20/h1-9,15-20,34,36H,10-14H2,(H,37,38). The first-order valence-electron chi connectivity index (χ1n) is 13.2. The number of halogens is 1. The third kappa shape index (κ3) is 4.17. The average Bonchev–Trinajstić information content (AvgIpc) is 3.58. The van der Waals surface area contributed by atoms with Gasteiger partial charge in [-0.25, -0.2) is 4.39 Å². The number of hydrogen-bond donors (Lipinski definition) is 3. The van der Waals surface area contributed by atoms with Gasteiger partial charge in [0.05, 0.1) is 11.2 Å². The van der Waals surface area contributed by atoms with Crippen LogP contribution in [-0.4, -0.2) is 33.3 Å². The van der Waals surface area contributed by atoms with E-state index < -0.39 is 0 Å². The van der Waals surface area contributed by atoms with Crippen LogP contribution in [-0.2, 0) is 6.42 Å². The minimum absolute atomic E-state index is 0.228. The molecule has 1 saturated heterocycles. The normalized spacial score (nSPS) is 14.4. The van der Waals surface area contributed by atoms with Gasteiger partial charge in [0.2, 0.25) is 0 Å². The number of rotatable bonds is 5. The topological polar surface area (TPSA) is 69.4 Å². The van der Waals surface area contributed by atoms with Gasteiger partial charge in [-0.1, -0.05) is 36.4 Å². The van der Waals surface area contributed by atoms with Gasteiger partial charge in [-0.2, -0.15) is 5.10 Å². The summed E-state index contributed by atoms with van der Waals surface area (Å²) in [6.45, 7) is 2.21. The van der Waals surface area contributed by atoms with Crippen molar-refractivity contribution >= 4 is 21.8 Å². The Morgan fingerprint density at radius 2 is 1.66 bits per heavy atom. The maximum absolute atomic E-state index is 14.6. The fraction of sp³-hybridized carbons (Fsp3) is 0.188. The summed E-state index contributed by atoms with van der Waals surface area (Å²) in [4.78, 5) is 8.08. The number of H-pyrrole nitrogens is 2. The molecule has 6 heteroatoms. The molecule has 3 aromatic heterocycles. The molecule has 1 fully saturated rings. The van der Waals surface area contributed by atoms with Crippen LogP contribution in [0.15, 0.2) is 85.2 Å². The highest BCUT2D eigenvalue weighted by Gasteiger charge is 2.17. The molecular formula is C32H28FN5. The zero-order chi connectivity index (χ0) is 25.5. The molecule has 0 aliphatic carbocycles. The van der Waals surface area contributed by atoms with Crippen LogP contribution in [0.4, 0.5) is 4.39 Å². The van der Waals surface area contributed by atoms with Crippen molar-refractivity contribution in [1.82, 2.24) is 25.5 Å². The maximum Gasteiger partial charge on any atom is 0.131 e. The molecule has 0 bridgehead atoms.